The molecule has 2 fully saturated rings. The number of aliphatic hydroxyl groups excluding tert-OH is 1. The van der Waals surface area contributed by atoms with Gasteiger partial charge in [0.05, 0.1) is 18.6 Å². The van der Waals surface area contributed by atoms with Crippen LogP contribution in [0.5, 0.6) is 0 Å². The van der Waals surface area contributed by atoms with Crippen molar-refractivity contribution in [2.24, 2.45) is 0 Å². The molecular weight excluding hydrogens is 272 g/mol. The third kappa shape index (κ3) is 3.67. The fourth-order valence-corrected chi connectivity index (χ4v) is 3.45. The minimum Gasteiger partial charge on any atom is -0.481 e. The molecule has 0 radical (unpaired) electrons. The average Bonchev–Trinajstić information content (AvgIpc) is 3.28. The number of hydrogen-bond acceptors (Lipinski definition) is 3. The van der Waals surface area contributed by atoms with E-state index in [0.29, 0.717) is 6.54 Å². The van der Waals surface area contributed by atoms with E-state index in [1.807, 2.05) is 0 Å². The van der Waals surface area contributed by atoms with Crippen molar-refractivity contribution in [2.75, 3.05) is 20.2 Å². The summed E-state index contributed by atoms with van der Waals surface area (Å²) >= 11 is 0. The minimum atomic E-state index is -0.850. The number of nitrogens with zero attached hydrogens (tertiary/aromatic N) is 2. The van der Waals surface area contributed by atoms with Crippen molar-refractivity contribution < 1.29 is 19.8 Å². The van der Waals surface area contributed by atoms with Crippen LogP contribution in [0.2, 0.25) is 0 Å². The maximum atomic E-state index is 12.7. The quantitative estimate of drug-likeness (QED) is 0.781. The van der Waals surface area contributed by atoms with E-state index in [2.05, 4.69) is 0 Å². The summed E-state index contributed by atoms with van der Waals surface area (Å²) in [5, 5.41) is 18.4. The Morgan fingerprint density at radius 3 is 2.29 bits per heavy atom. The number of carboxylic acids is 1. The van der Waals surface area contributed by atoms with Gasteiger partial charge in [0.15, 0.2) is 0 Å². The highest BCUT2D eigenvalue weighted by Crippen LogP contribution is 2.37. The highest BCUT2D eigenvalue weighted by Gasteiger charge is 2.43. The topological polar surface area (TPSA) is 81.1 Å². The molecule has 0 bridgehead atoms. The highest BCUT2D eigenvalue weighted by atomic mass is 16.4. The molecular formula is C15H26N2O4. The van der Waals surface area contributed by atoms with Crippen molar-refractivity contribution in [3.63, 3.8) is 0 Å². The van der Waals surface area contributed by atoms with E-state index >= 15 is 0 Å². The number of amides is 2. The lowest BCUT2D eigenvalue weighted by Crippen LogP contribution is -2.56. The summed E-state index contributed by atoms with van der Waals surface area (Å²) in [5.74, 6) is -0.850. The van der Waals surface area contributed by atoms with Gasteiger partial charge in [0.25, 0.3) is 0 Å². The van der Waals surface area contributed by atoms with E-state index in [4.69, 9.17) is 5.11 Å². The van der Waals surface area contributed by atoms with E-state index in [-0.39, 0.29) is 25.1 Å². The van der Waals surface area contributed by atoms with Crippen LogP contribution in [0.3, 0.4) is 0 Å². The smallest absolute Gasteiger partial charge is 0.320 e. The Bertz CT molecular complexity index is 389. The van der Waals surface area contributed by atoms with Crippen LogP contribution >= 0.6 is 0 Å². The minimum absolute atomic E-state index is 0.00682. The second kappa shape index (κ2) is 6.64. The molecule has 6 nitrogen and oxygen atoms in total. The van der Waals surface area contributed by atoms with Crippen LogP contribution in [-0.4, -0.2) is 63.8 Å². The van der Waals surface area contributed by atoms with Crippen LogP contribution in [0.25, 0.3) is 0 Å². The van der Waals surface area contributed by atoms with Crippen LogP contribution in [0.4, 0.5) is 4.79 Å². The molecule has 0 heterocycles. The molecule has 0 unspecified atom stereocenters. The fraction of sp³-hybridized carbons (Fsp3) is 0.867. The van der Waals surface area contributed by atoms with E-state index in [1.165, 1.54) is 0 Å². The summed E-state index contributed by atoms with van der Waals surface area (Å²) in [6.45, 7) is 0.277. The second-order valence-corrected chi connectivity index (χ2v) is 6.35. The largest absolute Gasteiger partial charge is 0.481 e. The first-order valence-corrected chi connectivity index (χ1v) is 7.87. The van der Waals surface area contributed by atoms with Gasteiger partial charge in [0.1, 0.15) is 0 Å². The highest BCUT2D eigenvalue weighted by molar-refractivity contribution is 5.77. The summed E-state index contributed by atoms with van der Waals surface area (Å²) in [6, 6.07) is 0.0901. The molecule has 0 saturated heterocycles. The zero-order valence-electron chi connectivity index (χ0n) is 12.8. The monoisotopic (exact) mass is 298 g/mol. The van der Waals surface area contributed by atoms with Gasteiger partial charge < -0.3 is 20.0 Å². The number of urea groups is 1. The van der Waals surface area contributed by atoms with Crippen LogP contribution in [0.15, 0.2) is 0 Å². The predicted molar refractivity (Wildman–Crippen MR) is 78.0 cm³/mol. The van der Waals surface area contributed by atoms with Gasteiger partial charge in [-0.05, 0) is 25.7 Å². The van der Waals surface area contributed by atoms with Gasteiger partial charge >= 0.3 is 12.0 Å². The molecule has 0 aromatic carbocycles. The second-order valence-electron chi connectivity index (χ2n) is 6.35. The standard InChI is InChI=1S/C15H26N2O4/c1-16(14(21)17(9-10-18)12-5-6-12)15(11-13(19)20)7-3-2-4-8-15/h12,18H,2-11H2,1H3,(H,19,20). The number of rotatable bonds is 6. The van der Waals surface area contributed by atoms with Crippen LogP contribution in [0, 0.1) is 0 Å². The molecule has 0 spiro atoms. The van der Waals surface area contributed by atoms with Gasteiger partial charge in [-0.25, -0.2) is 4.79 Å². The molecule has 120 valence electrons. The Hall–Kier alpha value is -1.30. The van der Waals surface area contributed by atoms with Crippen LogP contribution in [-0.2, 0) is 4.79 Å². The molecule has 0 aromatic rings. The molecule has 0 atom stereocenters. The van der Waals surface area contributed by atoms with Gasteiger partial charge in [-0.1, -0.05) is 19.3 Å². The molecule has 2 N–H and O–H groups in total. The lowest BCUT2D eigenvalue weighted by molar-refractivity contribution is -0.140. The number of carboxylic acid groups (broad SMARTS) is 1. The fourth-order valence-electron chi connectivity index (χ4n) is 3.45. The number of aliphatic hydroxyl groups is 1. The van der Waals surface area contributed by atoms with E-state index < -0.39 is 11.5 Å². The zero-order valence-corrected chi connectivity index (χ0v) is 12.8. The summed E-state index contributed by atoms with van der Waals surface area (Å²) in [6.07, 6.45) is 6.50. The van der Waals surface area contributed by atoms with Gasteiger partial charge in [0, 0.05) is 19.6 Å². The predicted octanol–water partition coefficient (Wildman–Crippen LogP) is 1.67. The van der Waals surface area contributed by atoms with Crippen molar-refractivity contribution in [2.45, 2.75) is 62.9 Å². The van der Waals surface area contributed by atoms with Gasteiger partial charge in [0.2, 0.25) is 0 Å². The van der Waals surface area contributed by atoms with Crippen molar-refractivity contribution >= 4 is 12.0 Å². The first-order valence-electron chi connectivity index (χ1n) is 7.87. The molecule has 2 rings (SSSR count). The Balaban J connectivity index is 2.13. The van der Waals surface area contributed by atoms with Crippen molar-refractivity contribution in [3.05, 3.63) is 0 Å². The van der Waals surface area contributed by atoms with E-state index in [9.17, 15) is 14.7 Å². The normalized spacial score (nSPS) is 20.9. The number of carbonyl (C=O) groups excluding carboxylic acids is 1. The maximum absolute atomic E-state index is 12.7. The Morgan fingerprint density at radius 2 is 1.81 bits per heavy atom. The van der Waals surface area contributed by atoms with Crippen molar-refractivity contribution in [1.29, 1.82) is 0 Å². The zero-order chi connectivity index (χ0) is 15.5. The van der Waals surface area contributed by atoms with Gasteiger partial charge in [-0.15, -0.1) is 0 Å². The Labute approximate surface area is 125 Å². The molecule has 2 saturated carbocycles. The van der Waals surface area contributed by atoms with Gasteiger partial charge in [-0.2, -0.15) is 0 Å². The lowest BCUT2D eigenvalue weighted by Gasteiger charge is -2.45. The van der Waals surface area contributed by atoms with E-state index in [1.54, 1.807) is 16.8 Å². The SMILES string of the molecule is CN(C(=O)N(CCO)C1CC1)C1(CC(=O)O)CCCCC1. The number of carbonyl (C=O) groups is 2. The molecule has 2 aliphatic carbocycles. The van der Waals surface area contributed by atoms with Crippen LogP contribution in [0.1, 0.15) is 51.4 Å². The average molecular weight is 298 g/mol. The van der Waals surface area contributed by atoms with E-state index in [0.717, 1.165) is 44.9 Å². The Kier molecular flexibility index (Phi) is 5.08. The third-order valence-electron chi connectivity index (χ3n) is 4.84. The first-order chi connectivity index (χ1) is 10.00. The van der Waals surface area contributed by atoms with Crippen LogP contribution < -0.4 is 0 Å². The summed E-state index contributed by atoms with van der Waals surface area (Å²) in [7, 11) is 1.73. The maximum Gasteiger partial charge on any atom is 0.320 e. The first kappa shape index (κ1) is 16.1. The summed E-state index contributed by atoms with van der Waals surface area (Å²) < 4.78 is 0. The molecule has 0 aromatic heterocycles. The molecule has 2 aliphatic rings. The molecule has 2 amide bonds. The third-order valence-corrected chi connectivity index (χ3v) is 4.84. The number of hydrogen-bond donors (Lipinski definition) is 2. The molecule has 6 heteroatoms. The summed E-state index contributed by atoms with van der Waals surface area (Å²) in [5.41, 5.74) is -0.566. The molecule has 21 heavy (non-hydrogen) atoms. The van der Waals surface area contributed by atoms with Gasteiger partial charge in [-0.3, -0.25) is 4.79 Å². The van der Waals surface area contributed by atoms with Crippen molar-refractivity contribution in [3.8, 4) is 0 Å². The Morgan fingerprint density at radius 1 is 1.19 bits per heavy atom. The lowest BCUT2D eigenvalue weighted by atomic mass is 9.78. The number of aliphatic carboxylic acids is 1. The summed E-state index contributed by atoms with van der Waals surface area (Å²) in [4.78, 5) is 27.4. The van der Waals surface area contributed by atoms with Crippen molar-refractivity contribution in [1.82, 2.24) is 9.80 Å². The molecule has 0 aliphatic heterocycles.